The van der Waals surface area contributed by atoms with Crippen LogP contribution in [0.5, 0.6) is 0 Å². The molecule has 17 heavy (non-hydrogen) atoms. The quantitative estimate of drug-likeness (QED) is 0.679. The molecule has 0 aromatic carbocycles. The van der Waals surface area contributed by atoms with Gasteiger partial charge < -0.3 is 20.3 Å². The van der Waals surface area contributed by atoms with E-state index in [1.54, 1.807) is 0 Å². The van der Waals surface area contributed by atoms with E-state index in [-0.39, 0.29) is 0 Å². The van der Waals surface area contributed by atoms with Crippen LogP contribution in [0, 0.1) is 5.92 Å². The minimum atomic E-state index is 0.376. The number of morpholine rings is 1. The van der Waals surface area contributed by atoms with Gasteiger partial charge in [0.1, 0.15) is 0 Å². The standard InChI is InChI=1S/C13H27N3O/c1-16-7-3-12(4-8-16)2-5-14-10-13-11-15-6-9-17-13/h12-15H,2-11H2,1H3. The van der Waals surface area contributed by atoms with E-state index in [2.05, 4.69) is 22.6 Å². The summed E-state index contributed by atoms with van der Waals surface area (Å²) in [6, 6.07) is 0. The summed E-state index contributed by atoms with van der Waals surface area (Å²) >= 11 is 0. The van der Waals surface area contributed by atoms with E-state index in [0.29, 0.717) is 6.10 Å². The zero-order chi connectivity index (χ0) is 11.9. The number of piperidine rings is 1. The van der Waals surface area contributed by atoms with Gasteiger partial charge in [-0.25, -0.2) is 0 Å². The highest BCUT2D eigenvalue weighted by atomic mass is 16.5. The smallest absolute Gasteiger partial charge is 0.0824 e. The van der Waals surface area contributed by atoms with Crippen molar-refractivity contribution in [3.05, 3.63) is 0 Å². The summed E-state index contributed by atoms with van der Waals surface area (Å²) < 4.78 is 5.65. The number of hydrogen-bond donors (Lipinski definition) is 2. The molecule has 4 nitrogen and oxygen atoms in total. The fourth-order valence-corrected chi connectivity index (χ4v) is 2.67. The molecule has 1 unspecified atom stereocenters. The van der Waals surface area contributed by atoms with Crippen molar-refractivity contribution in [2.75, 3.05) is 52.9 Å². The molecule has 0 aromatic heterocycles. The Morgan fingerprint density at radius 3 is 2.88 bits per heavy atom. The fourth-order valence-electron chi connectivity index (χ4n) is 2.67. The average Bonchev–Trinajstić information content (AvgIpc) is 2.38. The van der Waals surface area contributed by atoms with Crippen molar-refractivity contribution in [2.45, 2.75) is 25.4 Å². The lowest BCUT2D eigenvalue weighted by atomic mass is 9.94. The molecule has 0 aliphatic carbocycles. The van der Waals surface area contributed by atoms with Crippen LogP contribution in [-0.4, -0.2) is 63.9 Å². The number of likely N-dealkylation sites (tertiary alicyclic amines) is 1. The number of nitrogens with one attached hydrogen (secondary N) is 2. The number of hydrogen-bond acceptors (Lipinski definition) is 4. The second kappa shape index (κ2) is 7.31. The third-order valence-corrected chi connectivity index (χ3v) is 3.94. The Morgan fingerprint density at radius 1 is 1.35 bits per heavy atom. The van der Waals surface area contributed by atoms with E-state index in [0.717, 1.165) is 38.7 Å². The van der Waals surface area contributed by atoms with Crippen LogP contribution in [-0.2, 0) is 4.74 Å². The van der Waals surface area contributed by atoms with Crippen LogP contribution >= 0.6 is 0 Å². The molecule has 2 rings (SSSR count). The molecule has 0 saturated carbocycles. The maximum Gasteiger partial charge on any atom is 0.0824 e. The molecule has 0 radical (unpaired) electrons. The van der Waals surface area contributed by atoms with E-state index in [9.17, 15) is 0 Å². The highest BCUT2D eigenvalue weighted by molar-refractivity contribution is 4.73. The third kappa shape index (κ3) is 4.92. The molecule has 100 valence electrons. The van der Waals surface area contributed by atoms with E-state index in [4.69, 9.17) is 4.74 Å². The minimum absolute atomic E-state index is 0.376. The molecule has 2 fully saturated rings. The summed E-state index contributed by atoms with van der Waals surface area (Å²) in [5.74, 6) is 0.934. The van der Waals surface area contributed by atoms with E-state index in [1.165, 1.54) is 32.4 Å². The molecule has 2 aliphatic rings. The van der Waals surface area contributed by atoms with Crippen molar-refractivity contribution in [1.82, 2.24) is 15.5 Å². The fraction of sp³-hybridized carbons (Fsp3) is 1.00. The Balaban J connectivity index is 1.48. The number of nitrogens with zero attached hydrogens (tertiary/aromatic N) is 1. The summed E-state index contributed by atoms with van der Waals surface area (Å²) in [4.78, 5) is 2.44. The van der Waals surface area contributed by atoms with Crippen molar-refractivity contribution in [3.8, 4) is 0 Å². The summed E-state index contributed by atoms with van der Waals surface area (Å²) in [6.07, 6.45) is 4.45. The second-order valence-electron chi connectivity index (χ2n) is 5.44. The lowest BCUT2D eigenvalue weighted by Gasteiger charge is -2.29. The maximum absolute atomic E-state index is 5.65. The monoisotopic (exact) mass is 241 g/mol. The Morgan fingerprint density at radius 2 is 2.18 bits per heavy atom. The minimum Gasteiger partial charge on any atom is -0.374 e. The van der Waals surface area contributed by atoms with Gasteiger partial charge in [-0.15, -0.1) is 0 Å². The third-order valence-electron chi connectivity index (χ3n) is 3.94. The predicted octanol–water partition coefficient (Wildman–Crippen LogP) is 0.296. The van der Waals surface area contributed by atoms with Gasteiger partial charge in [0.05, 0.1) is 12.7 Å². The lowest BCUT2D eigenvalue weighted by Crippen LogP contribution is -2.44. The SMILES string of the molecule is CN1CCC(CCNCC2CNCCO2)CC1. The van der Waals surface area contributed by atoms with E-state index >= 15 is 0 Å². The maximum atomic E-state index is 5.65. The first-order chi connectivity index (χ1) is 8.34. The molecular weight excluding hydrogens is 214 g/mol. The first-order valence-electron chi connectivity index (χ1n) is 7.06. The Labute approximate surface area is 105 Å². The van der Waals surface area contributed by atoms with Gasteiger partial charge in [-0.2, -0.15) is 0 Å². The molecule has 2 N–H and O–H groups in total. The summed E-state index contributed by atoms with van der Waals surface area (Å²) in [5.41, 5.74) is 0. The van der Waals surface area contributed by atoms with Crippen LogP contribution < -0.4 is 10.6 Å². The van der Waals surface area contributed by atoms with Crippen LogP contribution in [0.3, 0.4) is 0 Å². The Bertz CT molecular complexity index is 199. The zero-order valence-electron chi connectivity index (χ0n) is 11.1. The van der Waals surface area contributed by atoms with Crippen molar-refractivity contribution < 1.29 is 4.74 Å². The van der Waals surface area contributed by atoms with Gasteiger partial charge >= 0.3 is 0 Å². The first-order valence-corrected chi connectivity index (χ1v) is 7.06. The normalized spacial score (nSPS) is 28.4. The lowest BCUT2D eigenvalue weighted by molar-refractivity contribution is 0.0290. The zero-order valence-corrected chi connectivity index (χ0v) is 11.1. The predicted molar refractivity (Wildman–Crippen MR) is 70.3 cm³/mol. The molecule has 2 saturated heterocycles. The number of rotatable bonds is 5. The number of ether oxygens (including phenoxy) is 1. The Hall–Kier alpha value is -0.160. The van der Waals surface area contributed by atoms with Crippen LogP contribution in [0.2, 0.25) is 0 Å². The van der Waals surface area contributed by atoms with E-state index < -0.39 is 0 Å². The van der Waals surface area contributed by atoms with Crippen molar-refractivity contribution in [2.24, 2.45) is 5.92 Å². The molecule has 0 spiro atoms. The first kappa shape index (κ1) is 13.3. The molecular formula is C13H27N3O. The van der Waals surface area contributed by atoms with Crippen LogP contribution in [0.15, 0.2) is 0 Å². The molecule has 1 atom stereocenters. The van der Waals surface area contributed by atoms with Crippen molar-refractivity contribution >= 4 is 0 Å². The second-order valence-corrected chi connectivity index (χ2v) is 5.44. The molecule has 4 heteroatoms. The van der Waals surface area contributed by atoms with Gasteiger partial charge in [-0.05, 0) is 51.9 Å². The van der Waals surface area contributed by atoms with Gasteiger partial charge in [0.2, 0.25) is 0 Å². The highest BCUT2D eigenvalue weighted by Gasteiger charge is 2.16. The summed E-state index contributed by atoms with van der Waals surface area (Å²) in [5, 5.41) is 6.89. The highest BCUT2D eigenvalue weighted by Crippen LogP contribution is 2.18. The van der Waals surface area contributed by atoms with Crippen molar-refractivity contribution in [1.29, 1.82) is 0 Å². The summed E-state index contributed by atoms with van der Waals surface area (Å²) in [7, 11) is 2.22. The molecule has 2 heterocycles. The topological polar surface area (TPSA) is 36.5 Å². The van der Waals surface area contributed by atoms with Gasteiger partial charge in [0.15, 0.2) is 0 Å². The van der Waals surface area contributed by atoms with Gasteiger partial charge in [0.25, 0.3) is 0 Å². The van der Waals surface area contributed by atoms with Crippen molar-refractivity contribution in [3.63, 3.8) is 0 Å². The average molecular weight is 241 g/mol. The van der Waals surface area contributed by atoms with Gasteiger partial charge in [0, 0.05) is 19.6 Å². The molecule has 0 amide bonds. The van der Waals surface area contributed by atoms with Crippen LogP contribution in [0.1, 0.15) is 19.3 Å². The molecule has 2 aliphatic heterocycles. The Kier molecular flexibility index (Phi) is 5.71. The molecule has 0 bridgehead atoms. The van der Waals surface area contributed by atoms with Gasteiger partial charge in [-0.1, -0.05) is 0 Å². The largest absolute Gasteiger partial charge is 0.374 e. The van der Waals surface area contributed by atoms with Gasteiger partial charge in [-0.3, -0.25) is 0 Å². The van der Waals surface area contributed by atoms with Crippen LogP contribution in [0.4, 0.5) is 0 Å². The molecule has 0 aromatic rings. The summed E-state index contributed by atoms with van der Waals surface area (Å²) in [6.45, 7) is 7.57. The van der Waals surface area contributed by atoms with Crippen LogP contribution in [0.25, 0.3) is 0 Å². The van der Waals surface area contributed by atoms with E-state index in [1.807, 2.05) is 0 Å².